The number of benzene rings is 1. The molecule has 5 nitrogen and oxygen atoms in total. The van der Waals surface area contributed by atoms with Gasteiger partial charge in [-0.1, -0.05) is 23.7 Å². The van der Waals surface area contributed by atoms with Gasteiger partial charge in [-0.2, -0.15) is 4.99 Å². The molecule has 1 rings (SSSR count). The molecule has 0 aromatic heterocycles. The van der Waals surface area contributed by atoms with Gasteiger partial charge in [0.25, 0.3) is 0 Å². The van der Waals surface area contributed by atoms with Crippen LogP contribution in [0.2, 0.25) is 5.02 Å². The molecule has 3 N–H and O–H groups in total. The van der Waals surface area contributed by atoms with Gasteiger partial charge in [-0.05, 0) is 39.3 Å². The summed E-state index contributed by atoms with van der Waals surface area (Å²) in [6, 6.07) is 5.06. The predicted octanol–water partition coefficient (Wildman–Crippen LogP) is 2.91. The van der Waals surface area contributed by atoms with Crippen molar-refractivity contribution in [2.24, 2.45) is 10.7 Å². The molecule has 0 saturated carbocycles. The van der Waals surface area contributed by atoms with E-state index in [9.17, 15) is 4.79 Å². The van der Waals surface area contributed by atoms with Crippen molar-refractivity contribution in [2.75, 3.05) is 11.9 Å². The third-order valence-electron chi connectivity index (χ3n) is 2.57. The van der Waals surface area contributed by atoms with Crippen LogP contribution in [0.3, 0.4) is 0 Å². The number of amides is 2. The van der Waals surface area contributed by atoms with Gasteiger partial charge in [0.15, 0.2) is 0 Å². The molecule has 6 heteroatoms. The maximum atomic E-state index is 11.7. The van der Waals surface area contributed by atoms with Gasteiger partial charge in [-0.25, -0.2) is 4.79 Å². The summed E-state index contributed by atoms with van der Waals surface area (Å²) in [6.45, 7) is 7.54. The number of urea groups is 1. The molecule has 2 amide bonds. The van der Waals surface area contributed by atoms with Crippen molar-refractivity contribution in [3.63, 3.8) is 0 Å². The normalized spacial score (nSPS) is 12.2. The molecule has 0 heterocycles. The van der Waals surface area contributed by atoms with Gasteiger partial charge in [0.05, 0.1) is 10.7 Å². The highest BCUT2D eigenvalue weighted by Gasteiger charge is 2.16. The number of rotatable bonds is 1. The molecule has 0 aliphatic rings. The summed E-state index contributed by atoms with van der Waals surface area (Å²) in [5.41, 5.74) is 7.19. The van der Waals surface area contributed by atoms with Crippen molar-refractivity contribution in [2.45, 2.75) is 33.2 Å². The smallest absolute Gasteiger partial charge is 0.344 e. The van der Waals surface area contributed by atoms with Gasteiger partial charge in [0.2, 0.25) is 5.96 Å². The van der Waals surface area contributed by atoms with Crippen LogP contribution in [0, 0.1) is 6.92 Å². The zero-order chi connectivity index (χ0) is 15.5. The highest BCUT2D eigenvalue weighted by Crippen LogP contribution is 2.28. The van der Waals surface area contributed by atoms with E-state index in [1.165, 1.54) is 0 Å². The first kappa shape index (κ1) is 16.3. The molecule has 0 bridgehead atoms. The molecule has 1 aromatic rings. The van der Waals surface area contributed by atoms with Gasteiger partial charge in [-0.15, -0.1) is 0 Å². The van der Waals surface area contributed by atoms with Crippen molar-refractivity contribution < 1.29 is 4.79 Å². The Morgan fingerprint density at radius 1 is 1.40 bits per heavy atom. The maximum absolute atomic E-state index is 11.7. The molecular weight excluding hydrogens is 276 g/mol. The first-order valence-corrected chi connectivity index (χ1v) is 6.65. The van der Waals surface area contributed by atoms with Crippen LogP contribution in [0.5, 0.6) is 0 Å². The molecule has 110 valence electrons. The van der Waals surface area contributed by atoms with Gasteiger partial charge >= 0.3 is 6.03 Å². The molecule has 0 aliphatic heterocycles. The molecule has 0 radical (unpaired) electrons. The Bertz CT molecular complexity index is 514. The van der Waals surface area contributed by atoms with Crippen molar-refractivity contribution >= 4 is 29.3 Å². The fourth-order valence-corrected chi connectivity index (χ4v) is 2.04. The Morgan fingerprint density at radius 3 is 2.50 bits per heavy atom. The van der Waals surface area contributed by atoms with Crippen LogP contribution < -0.4 is 16.0 Å². The van der Waals surface area contributed by atoms with Crippen LogP contribution in [-0.2, 0) is 0 Å². The molecule has 0 aliphatic carbocycles. The summed E-state index contributed by atoms with van der Waals surface area (Å²) >= 11 is 6.16. The average molecular weight is 297 g/mol. The zero-order valence-electron chi connectivity index (χ0n) is 12.5. The first-order chi connectivity index (χ1) is 9.11. The number of hydrogen-bond acceptors (Lipinski definition) is 1. The second-order valence-electron chi connectivity index (χ2n) is 5.61. The minimum absolute atomic E-state index is 0.0861. The van der Waals surface area contributed by atoms with Crippen LogP contribution in [0.25, 0.3) is 0 Å². The molecule has 0 fully saturated rings. The SMILES string of the molecule is Cc1cccc(Cl)c1N(C)C(N)=NC(=O)NC(C)(C)C. The topological polar surface area (TPSA) is 70.7 Å². The number of para-hydroxylation sites is 1. The lowest BCUT2D eigenvalue weighted by Crippen LogP contribution is -2.42. The van der Waals surface area contributed by atoms with E-state index in [1.54, 1.807) is 18.0 Å². The predicted molar refractivity (Wildman–Crippen MR) is 84.5 cm³/mol. The summed E-state index contributed by atoms with van der Waals surface area (Å²) < 4.78 is 0. The molecule has 20 heavy (non-hydrogen) atoms. The number of carbonyl (C=O) groups excluding carboxylic acids is 1. The van der Waals surface area contributed by atoms with E-state index in [2.05, 4.69) is 10.3 Å². The molecular formula is C14H21ClN4O. The minimum atomic E-state index is -0.480. The Hall–Kier alpha value is -1.75. The number of hydrogen-bond donors (Lipinski definition) is 2. The Morgan fingerprint density at radius 2 is 2.00 bits per heavy atom. The zero-order valence-corrected chi connectivity index (χ0v) is 13.2. The number of halogens is 1. The molecule has 0 spiro atoms. The molecule has 0 atom stereocenters. The van der Waals surface area contributed by atoms with Crippen LogP contribution in [0.1, 0.15) is 26.3 Å². The van der Waals surface area contributed by atoms with Crippen molar-refractivity contribution in [1.29, 1.82) is 0 Å². The van der Waals surface area contributed by atoms with Crippen molar-refractivity contribution in [1.82, 2.24) is 5.32 Å². The Balaban J connectivity index is 2.97. The third-order valence-corrected chi connectivity index (χ3v) is 2.87. The largest absolute Gasteiger partial charge is 0.369 e. The fraction of sp³-hybridized carbons (Fsp3) is 0.429. The number of nitrogens with two attached hydrogens (primary N) is 1. The first-order valence-electron chi connectivity index (χ1n) is 6.27. The summed E-state index contributed by atoms with van der Waals surface area (Å²) in [7, 11) is 1.72. The summed E-state index contributed by atoms with van der Waals surface area (Å²) in [5.74, 6) is 0.0861. The van der Waals surface area contributed by atoms with E-state index in [0.717, 1.165) is 11.3 Å². The lowest BCUT2D eigenvalue weighted by Gasteiger charge is -2.22. The monoisotopic (exact) mass is 296 g/mol. The van der Waals surface area contributed by atoms with E-state index in [1.807, 2.05) is 39.8 Å². The minimum Gasteiger partial charge on any atom is -0.369 e. The molecule has 0 unspecified atom stereocenters. The van der Waals surface area contributed by atoms with Crippen LogP contribution in [0.15, 0.2) is 23.2 Å². The third kappa shape index (κ3) is 4.42. The standard InChI is InChI=1S/C14H21ClN4O/c1-9-7-6-8-10(15)11(9)19(5)12(16)17-13(20)18-14(2,3)4/h6-8H,1-5H3,(H3,16,17,18,20). The maximum Gasteiger partial charge on any atom is 0.344 e. The van der Waals surface area contributed by atoms with Gasteiger partial charge < -0.3 is 16.0 Å². The second-order valence-corrected chi connectivity index (χ2v) is 6.02. The van der Waals surface area contributed by atoms with E-state index in [-0.39, 0.29) is 11.5 Å². The van der Waals surface area contributed by atoms with Gasteiger partial charge in [-0.3, -0.25) is 0 Å². The number of guanidine groups is 1. The average Bonchev–Trinajstić information content (AvgIpc) is 2.25. The van der Waals surface area contributed by atoms with Crippen LogP contribution in [0.4, 0.5) is 10.5 Å². The Kier molecular flexibility index (Phi) is 5.00. The van der Waals surface area contributed by atoms with E-state index >= 15 is 0 Å². The number of aryl methyl sites for hydroxylation is 1. The lowest BCUT2D eigenvalue weighted by molar-refractivity contribution is 0.241. The van der Waals surface area contributed by atoms with Gasteiger partial charge in [0, 0.05) is 12.6 Å². The van der Waals surface area contributed by atoms with E-state index in [4.69, 9.17) is 17.3 Å². The Labute approximate surface area is 124 Å². The highest BCUT2D eigenvalue weighted by atomic mass is 35.5. The summed E-state index contributed by atoms with van der Waals surface area (Å²) in [6.07, 6.45) is 0. The second kappa shape index (κ2) is 6.13. The quantitative estimate of drug-likeness (QED) is 0.618. The van der Waals surface area contributed by atoms with E-state index in [0.29, 0.717) is 5.02 Å². The lowest BCUT2D eigenvalue weighted by atomic mass is 10.1. The number of nitrogens with zero attached hydrogens (tertiary/aromatic N) is 2. The van der Waals surface area contributed by atoms with E-state index < -0.39 is 6.03 Å². The summed E-state index contributed by atoms with van der Waals surface area (Å²) in [5, 5.41) is 3.28. The van der Waals surface area contributed by atoms with Crippen molar-refractivity contribution in [3.8, 4) is 0 Å². The van der Waals surface area contributed by atoms with Crippen molar-refractivity contribution in [3.05, 3.63) is 28.8 Å². The number of anilines is 1. The van der Waals surface area contributed by atoms with Crippen LogP contribution >= 0.6 is 11.6 Å². The molecule has 0 saturated heterocycles. The number of nitrogens with one attached hydrogen (secondary N) is 1. The number of aliphatic imine (C=N–C) groups is 1. The highest BCUT2D eigenvalue weighted by molar-refractivity contribution is 6.34. The summed E-state index contributed by atoms with van der Waals surface area (Å²) in [4.78, 5) is 17.2. The molecule has 1 aromatic carbocycles. The number of carbonyl (C=O) groups is 1. The fourth-order valence-electron chi connectivity index (χ4n) is 1.69. The van der Waals surface area contributed by atoms with Gasteiger partial charge in [0.1, 0.15) is 0 Å². The van der Waals surface area contributed by atoms with Crippen LogP contribution in [-0.4, -0.2) is 24.6 Å².